The minimum Gasteiger partial charge on any atom is -0.464 e. The second-order valence-corrected chi connectivity index (χ2v) is 7.95. The third-order valence-electron chi connectivity index (χ3n) is 5.45. The Hall–Kier alpha value is -4.11. The van der Waals surface area contributed by atoms with Crippen LogP contribution >= 0.6 is 0 Å². The molecule has 2 aromatic heterocycles. The molecule has 0 bridgehead atoms. The van der Waals surface area contributed by atoms with Crippen LogP contribution in [0.4, 0.5) is 11.5 Å². The van der Waals surface area contributed by atoms with Gasteiger partial charge in [0.25, 0.3) is 5.56 Å². The Morgan fingerprint density at radius 1 is 1.15 bits per heavy atom. The lowest BCUT2D eigenvalue weighted by Gasteiger charge is -2.17. The predicted molar refractivity (Wildman–Crippen MR) is 130 cm³/mol. The molecule has 0 atom stereocenters. The summed E-state index contributed by atoms with van der Waals surface area (Å²) in [5, 5.41) is 6.67. The van der Waals surface area contributed by atoms with Crippen molar-refractivity contribution in [3.63, 3.8) is 0 Å². The fraction of sp³-hybridized carbons (Fsp3) is 0.240. The van der Waals surface area contributed by atoms with Crippen molar-refractivity contribution in [2.24, 2.45) is 0 Å². The van der Waals surface area contributed by atoms with Gasteiger partial charge in [0, 0.05) is 24.6 Å². The maximum Gasteiger partial charge on any atom is 0.330 e. The molecule has 3 N–H and O–H groups in total. The Morgan fingerprint density at radius 3 is 2.71 bits per heavy atom. The summed E-state index contributed by atoms with van der Waals surface area (Å²) in [4.78, 5) is 40.6. The van der Waals surface area contributed by atoms with Gasteiger partial charge in [-0.15, -0.1) is 0 Å². The van der Waals surface area contributed by atoms with E-state index in [4.69, 9.17) is 9.15 Å². The molecule has 9 nitrogen and oxygen atoms in total. The monoisotopic (exact) mass is 462 g/mol. The highest BCUT2D eigenvalue weighted by Crippen LogP contribution is 2.24. The smallest absolute Gasteiger partial charge is 0.330 e. The average Bonchev–Trinajstić information content (AvgIpc) is 3.20. The zero-order valence-corrected chi connectivity index (χ0v) is 19.0. The van der Waals surface area contributed by atoms with Gasteiger partial charge in [-0.2, -0.15) is 0 Å². The summed E-state index contributed by atoms with van der Waals surface area (Å²) >= 11 is 0. The number of hydrogen-bond acceptors (Lipinski definition) is 6. The van der Waals surface area contributed by atoms with Gasteiger partial charge in [-0.3, -0.25) is 19.1 Å². The number of hydrogen-bond donors (Lipinski definition) is 3. The molecule has 2 heterocycles. The van der Waals surface area contributed by atoms with Gasteiger partial charge in [0.2, 0.25) is 5.91 Å². The SMILES string of the molecule is COCCn1c(NC(=O)Cc2coc3cc(C)ccc23)c(NCc2ccccc2)c(=O)[nH]c1=O. The number of aromatic amines is 1. The quantitative estimate of drug-likeness (QED) is 0.352. The van der Waals surface area contributed by atoms with E-state index < -0.39 is 11.2 Å². The molecule has 0 aliphatic rings. The van der Waals surface area contributed by atoms with Gasteiger partial charge in [-0.1, -0.05) is 42.5 Å². The van der Waals surface area contributed by atoms with Crippen molar-refractivity contribution in [2.75, 3.05) is 24.4 Å². The van der Waals surface area contributed by atoms with Gasteiger partial charge in [0.1, 0.15) is 17.1 Å². The third kappa shape index (κ3) is 5.10. The van der Waals surface area contributed by atoms with Crippen LogP contribution in [0.5, 0.6) is 0 Å². The Morgan fingerprint density at radius 2 is 1.94 bits per heavy atom. The van der Waals surface area contributed by atoms with Gasteiger partial charge in [-0.05, 0) is 24.1 Å². The van der Waals surface area contributed by atoms with E-state index in [9.17, 15) is 14.4 Å². The molecule has 0 radical (unpaired) electrons. The van der Waals surface area contributed by atoms with Crippen LogP contribution in [0.15, 0.2) is 68.8 Å². The highest BCUT2D eigenvalue weighted by molar-refractivity contribution is 5.96. The van der Waals surface area contributed by atoms with Crippen LogP contribution in [-0.2, 0) is 29.0 Å². The molecule has 0 aliphatic heterocycles. The summed E-state index contributed by atoms with van der Waals surface area (Å²) < 4.78 is 12.0. The van der Waals surface area contributed by atoms with Crippen LogP contribution < -0.4 is 21.9 Å². The Labute approximate surface area is 195 Å². The first kappa shape index (κ1) is 23.1. The molecule has 0 aliphatic carbocycles. The molecule has 4 rings (SSSR count). The van der Waals surface area contributed by atoms with Crippen LogP contribution in [0.25, 0.3) is 11.0 Å². The first-order valence-corrected chi connectivity index (χ1v) is 10.9. The number of nitrogens with one attached hydrogen (secondary N) is 3. The fourth-order valence-electron chi connectivity index (χ4n) is 3.72. The van der Waals surface area contributed by atoms with Gasteiger partial charge < -0.3 is 19.8 Å². The maximum atomic E-state index is 13.0. The highest BCUT2D eigenvalue weighted by Gasteiger charge is 2.19. The molecule has 0 unspecified atom stereocenters. The summed E-state index contributed by atoms with van der Waals surface area (Å²) in [6.45, 7) is 2.67. The minimum atomic E-state index is -0.633. The molecule has 0 saturated heterocycles. The average molecular weight is 463 g/mol. The Balaban J connectivity index is 1.65. The number of aryl methyl sites for hydroxylation is 1. The van der Waals surface area contributed by atoms with Crippen molar-refractivity contribution in [1.29, 1.82) is 0 Å². The second-order valence-electron chi connectivity index (χ2n) is 7.95. The van der Waals surface area contributed by atoms with Crippen LogP contribution in [0, 0.1) is 6.92 Å². The van der Waals surface area contributed by atoms with Crippen molar-refractivity contribution < 1.29 is 13.9 Å². The summed E-state index contributed by atoms with van der Waals surface area (Å²) in [6, 6.07) is 15.3. The van der Waals surface area contributed by atoms with Crippen LogP contribution in [0.2, 0.25) is 0 Å². The number of ether oxygens (including phenoxy) is 1. The summed E-state index contributed by atoms with van der Waals surface area (Å²) in [6.07, 6.45) is 1.56. The number of carbonyl (C=O) groups excluding carboxylic acids is 1. The lowest BCUT2D eigenvalue weighted by Crippen LogP contribution is -2.36. The number of carbonyl (C=O) groups is 1. The number of fused-ring (bicyclic) bond motifs is 1. The van der Waals surface area contributed by atoms with Crippen molar-refractivity contribution in [3.8, 4) is 0 Å². The summed E-state index contributed by atoms with van der Waals surface area (Å²) in [7, 11) is 1.51. The van der Waals surface area contributed by atoms with E-state index >= 15 is 0 Å². The van der Waals surface area contributed by atoms with Crippen LogP contribution in [0.3, 0.4) is 0 Å². The van der Waals surface area contributed by atoms with Gasteiger partial charge in [0.15, 0.2) is 0 Å². The topological polar surface area (TPSA) is 118 Å². The third-order valence-corrected chi connectivity index (χ3v) is 5.45. The lowest BCUT2D eigenvalue weighted by atomic mass is 10.1. The second kappa shape index (κ2) is 10.2. The first-order valence-electron chi connectivity index (χ1n) is 10.9. The number of benzene rings is 2. The fourth-order valence-corrected chi connectivity index (χ4v) is 3.72. The predicted octanol–water partition coefficient (Wildman–Crippen LogP) is 3.03. The van der Waals surface area contributed by atoms with Crippen molar-refractivity contribution in [2.45, 2.75) is 26.4 Å². The molecule has 176 valence electrons. The molecule has 1 amide bonds. The van der Waals surface area contributed by atoms with E-state index in [1.165, 1.54) is 11.7 Å². The Bertz CT molecular complexity index is 1420. The molecule has 0 fully saturated rings. The van der Waals surface area contributed by atoms with E-state index in [1.54, 1.807) is 6.26 Å². The van der Waals surface area contributed by atoms with Gasteiger partial charge in [0.05, 0.1) is 25.8 Å². The van der Waals surface area contributed by atoms with E-state index in [1.807, 2.05) is 55.5 Å². The van der Waals surface area contributed by atoms with Gasteiger partial charge in [-0.25, -0.2) is 4.79 Å². The highest BCUT2D eigenvalue weighted by atomic mass is 16.5. The van der Waals surface area contributed by atoms with E-state index in [0.29, 0.717) is 17.7 Å². The molecular formula is C25H26N4O5. The van der Waals surface area contributed by atoms with Gasteiger partial charge >= 0.3 is 5.69 Å². The Kier molecular flexibility index (Phi) is 6.93. The van der Waals surface area contributed by atoms with Crippen molar-refractivity contribution >= 4 is 28.4 Å². The number of methoxy groups -OCH3 is 1. The number of furan rings is 1. The zero-order valence-electron chi connectivity index (χ0n) is 19.0. The van der Waals surface area contributed by atoms with E-state index in [2.05, 4.69) is 15.6 Å². The zero-order chi connectivity index (χ0) is 24.1. The molecule has 0 saturated carbocycles. The first-order chi connectivity index (χ1) is 16.5. The van der Waals surface area contributed by atoms with Crippen LogP contribution in [-0.4, -0.2) is 29.2 Å². The normalized spacial score (nSPS) is 11.0. The van der Waals surface area contributed by atoms with Crippen molar-refractivity contribution in [3.05, 3.63) is 92.3 Å². The minimum absolute atomic E-state index is 0.0133. The van der Waals surface area contributed by atoms with Crippen molar-refractivity contribution in [1.82, 2.24) is 9.55 Å². The van der Waals surface area contributed by atoms with E-state index in [0.717, 1.165) is 16.5 Å². The molecule has 4 aromatic rings. The standard InChI is InChI=1S/C25H26N4O5/c1-16-8-9-19-18(15-34-20(19)12-16)13-21(30)27-23-22(26-14-17-6-4-3-5-7-17)24(31)28-25(32)29(23)10-11-33-2/h3-9,12,15,26H,10-11,13-14H2,1-2H3,(H,27,30)(H,28,31,32). The number of amides is 1. The van der Waals surface area contributed by atoms with Crippen LogP contribution in [0.1, 0.15) is 16.7 Å². The number of rotatable bonds is 9. The molecule has 0 spiro atoms. The number of H-pyrrole nitrogens is 1. The van der Waals surface area contributed by atoms with E-state index in [-0.39, 0.29) is 37.0 Å². The molecule has 2 aromatic carbocycles. The molecule has 34 heavy (non-hydrogen) atoms. The lowest BCUT2D eigenvalue weighted by molar-refractivity contribution is -0.115. The maximum absolute atomic E-state index is 13.0. The largest absolute Gasteiger partial charge is 0.464 e. The summed E-state index contributed by atoms with van der Waals surface area (Å²) in [5.74, 6) is -0.294. The summed E-state index contributed by atoms with van der Waals surface area (Å²) in [5.41, 5.74) is 2.25. The number of aromatic nitrogens is 2. The molecule has 9 heteroatoms. The number of anilines is 2. The molecular weight excluding hydrogens is 436 g/mol. The number of nitrogens with zero attached hydrogens (tertiary/aromatic N) is 1.